The summed E-state index contributed by atoms with van der Waals surface area (Å²) in [5.74, 6) is -0.122. The molecule has 0 saturated carbocycles. The molecule has 0 atom stereocenters. The minimum atomic E-state index is -0.610. The van der Waals surface area contributed by atoms with Crippen molar-refractivity contribution in [2.24, 2.45) is 0 Å². The van der Waals surface area contributed by atoms with Gasteiger partial charge in [-0.25, -0.2) is 4.79 Å². The summed E-state index contributed by atoms with van der Waals surface area (Å²) in [5.41, 5.74) is -0.594. The van der Waals surface area contributed by atoms with E-state index in [9.17, 15) is 14.4 Å². The predicted octanol–water partition coefficient (Wildman–Crippen LogP) is 1.92. The van der Waals surface area contributed by atoms with E-state index >= 15 is 0 Å². The fourth-order valence-corrected chi connectivity index (χ4v) is 3.39. The lowest BCUT2D eigenvalue weighted by Crippen LogP contribution is -2.49. The fraction of sp³-hybridized carbons (Fsp3) is 0.611. The Morgan fingerprint density at radius 3 is 2.54 bits per heavy atom. The third kappa shape index (κ3) is 7.03. The van der Waals surface area contributed by atoms with Crippen molar-refractivity contribution in [3.63, 3.8) is 0 Å². The van der Waals surface area contributed by atoms with Gasteiger partial charge >= 0.3 is 6.09 Å². The highest BCUT2D eigenvalue weighted by atomic mass is 32.1. The zero-order valence-corrected chi connectivity index (χ0v) is 16.4. The van der Waals surface area contributed by atoms with Crippen LogP contribution in [0.1, 0.15) is 38.5 Å². The number of carbonyl (C=O) groups excluding carboxylic acids is 3. The number of nitrogens with one attached hydrogen (secondary N) is 2. The first-order valence-corrected chi connectivity index (χ1v) is 9.67. The standard InChI is InChI=1S/C18H27N3O4S/c1-18(2,3)25-17(24)19-12-15(22)20-13-6-8-21(9-7-13)16(23)11-14-5-4-10-26-14/h4-5,10,13H,6-9,11-12H2,1-3H3,(H,19,24)(H,20,22). The van der Waals surface area contributed by atoms with Crippen molar-refractivity contribution in [2.45, 2.75) is 51.7 Å². The van der Waals surface area contributed by atoms with Crippen molar-refractivity contribution in [3.05, 3.63) is 22.4 Å². The van der Waals surface area contributed by atoms with Gasteiger partial charge in [0.15, 0.2) is 0 Å². The SMILES string of the molecule is CC(C)(C)OC(=O)NCC(=O)NC1CCN(C(=O)Cc2cccs2)CC1. The van der Waals surface area contributed by atoms with Gasteiger partial charge in [-0.05, 0) is 45.1 Å². The number of ether oxygens (including phenoxy) is 1. The van der Waals surface area contributed by atoms with E-state index in [4.69, 9.17) is 4.74 Å². The monoisotopic (exact) mass is 381 g/mol. The average Bonchev–Trinajstić information content (AvgIpc) is 3.05. The van der Waals surface area contributed by atoms with E-state index < -0.39 is 11.7 Å². The van der Waals surface area contributed by atoms with Crippen LogP contribution >= 0.6 is 11.3 Å². The first-order valence-electron chi connectivity index (χ1n) is 8.79. The number of hydrogen-bond acceptors (Lipinski definition) is 5. The third-order valence-electron chi connectivity index (χ3n) is 3.91. The Morgan fingerprint density at radius 1 is 1.27 bits per heavy atom. The fourth-order valence-electron chi connectivity index (χ4n) is 2.69. The molecule has 7 nitrogen and oxygen atoms in total. The summed E-state index contributed by atoms with van der Waals surface area (Å²) >= 11 is 1.59. The molecule has 0 aliphatic carbocycles. The highest BCUT2D eigenvalue weighted by molar-refractivity contribution is 7.10. The Labute approximate surface area is 158 Å². The number of amides is 3. The highest BCUT2D eigenvalue weighted by Gasteiger charge is 2.24. The van der Waals surface area contributed by atoms with Crippen LogP contribution in [-0.2, 0) is 20.7 Å². The van der Waals surface area contributed by atoms with Gasteiger partial charge in [-0.1, -0.05) is 6.07 Å². The van der Waals surface area contributed by atoms with Gasteiger partial charge in [0.1, 0.15) is 12.1 Å². The Morgan fingerprint density at radius 2 is 1.96 bits per heavy atom. The van der Waals surface area contributed by atoms with Crippen LogP contribution in [0.3, 0.4) is 0 Å². The topological polar surface area (TPSA) is 87.7 Å². The first-order chi connectivity index (χ1) is 12.2. The molecule has 26 heavy (non-hydrogen) atoms. The van der Waals surface area contributed by atoms with Crippen molar-refractivity contribution >= 4 is 29.2 Å². The quantitative estimate of drug-likeness (QED) is 0.816. The maximum Gasteiger partial charge on any atom is 0.408 e. The number of nitrogens with zero attached hydrogens (tertiary/aromatic N) is 1. The number of alkyl carbamates (subject to hydrolysis) is 1. The third-order valence-corrected chi connectivity index (χ3v) is 4.79. The smallest absolute Gasteiger partial charge is 0.408 e. The summed E-state index contributed by atoms with van der Waals surface area (Å²) in [7, 11) is 0. The Kier molecular flexibility index (Phi) is 7.02. The number of likely N-dealkylation sites (tertiary alicyclic amines) is 1. The molecular weight excluding hydrogens is 354 g/mol. The summed E-state index contributed by atoms with van der Waals surface area (Å²) in [6.07, 6.45) is 1.26. The maximum absolute atomic E-state index is 12.3. The number of hydrogen-bond donors (Lipinski definition) is 2. The summed E-state index contributed by atoms with van der Waals surface area (Å²) in [4.78, 5) is 38.7. The van der Waals surface area contributed by atoms with Crippen molar-refractivity contribution in [1.29, 1.82) is 0 Å². The molecule has 1 saturated heterocycles. The van der Waals surface area contributed by atoms with Gasteiger partial charge in [0.2, 0.25) is 11.8 Å². The van der Waals surface area contributed by atoms with Crippen LogP contribution in [0.25, 0.3) is 0 Å². The molecule has 144 valence electrons. The lowest BCUT2D eigenvalue weighted by atomic mass is 10.0. The molecule has 2 N–H and O–H groups in total. The molecular formula is C18H27N3O4S. The van der Waals surface area contributed by atoms with Crippen LogP contribution < -0.4 is 10.6 Å². The minimum Gasteiger partial charge on any atom is -0.444 e. The molecule has 0 bridgehead atoms. The Bertz CT molecular complexity index is 617. The van der Waals surface area contributed by atoms with Gasteiger partial charge in [0.25, 0.3) is 0 Å². The van der Waals surface area contributed by atoms with E-state index in [0.29, 0.717) is 32.4 Å². The second kappa shape index (κ2) is 9.02. The molecule has 1 fully saturated rings. The summed E-state index contributed by atoms with van der Waals surface area (Å²) < 4.78 is 5.09. The van der Waals surface area contributed by atoms with Gasteiger partial charge < -0.3 is 20.3 Å². The number of rotatable bonds is 5. The number of thiophene rings is 1. The minimum absolute atomic E-state index is 0.0220. The molecule has 8 heteroatoms. The number of piperidine rings is 1. The van der Waals surface area contributed by atoms with Gasteiger partial charge in [-0.2, -0.15) is 0 Å². The lowest BCUT2D eigenvalue weighted by molar-refractivity contribution is -0.131. The van der Waals surface area contributed by atoms with Gasteiger partial charge in [0.05, 0.1) is 6.42 Å². The molecule has 2 rings (SSSR count). The average molecular weight is 381 g/mol. The molecule has 1 aliphatic heterocycles. The van der Waals surface area contributed by atoms with Crippen LogP contribution in [-0.4, -0.2) is 54.1 Å². The summed E-state index contributed by atoms with van der Waals surface area (Å²) in [6.45, 7) is 6.44. The van der Waals surface area contributed by atoms with E-state index in [2.05, 4.69) is 10.6 Å². The van der Waals surface area contributed by atoms with Gasteiger partial charge in [-0.3, -0.25) is 9.59 Å². The summed E-state index contributed by atoms with van der Waals surface area (Å²) in [5, 5.41) is 7.31. The molecule has 0 aromatic carbocycles. The van der Waals surface area contributed by atoms with Crippen molar-refractivity contribution in [1.82, 2.24) is 15.5 Å². The predicted molar refractivity (Wildman–Crippen MR) is 100 cm³/mol. The number of carbonyl (C=O) groups is 3. The zero-order chi connectivity index (χ0) is 19.2. The second-order valence-corrected chi connectivity index (χ2v) is 8.37. The van der Waals surface area contributed by atoms with Crippen molar-refractivity contribution in [3.8, 4) is 0 Å². The van der Waals surface area contributed by atoms with Crippen LogP contribution in [0.15, 0.2) is 17.5 Å². The van der Waals surface area contributed by atoms with Gasteiger partial charge in [0, 0.05) is 24.0 Å². The first kappa shape index (κ1) is 20.2. The van der Waals surface area contributed by atoms with Gasteiger partial charge in [-0.15, -0.1) is 11.3 Å². The summed E-state index contributed by atoms with van der Waals surface area (Å²) in [6, 6.07) is 3.93. The maximum atomic E-state index is 12.3. The van der Waals surface area contributed by atoms with E-state index in [1.807, 2.05) is 22.4 Å². The molecule has 2 heterocycles. The molecule has 1 aromatic rings. The Balaban J connectivity index is 1.65. The van der Waals surface area contributed by atoms with Crippen LogP contribution in [0.4, 0.5) is 4.79 Å². The van der Waals surface area contributed by atoms with Crippen LogP contribution in [0.2, 0.25) is 0 Å². The molecule has 1 aliphatic rings. The van der Waals surface area contributed by atoms with Crippen molar-refractivity contribution in [2.75, 3.05) is 19.6 Å². The molecule has 1 aromatic heterocycles. The Hall–Kier alpha value is -2.09. The van der Waals surface area contributed by atoms with Crippen LogP contribution in [0, 0.1) is 0 Å². The van der Waals surface area contributed by atoms with E-state index in [1.165, 1.54) is 0 Å². The van der Waals surface area contributed by atoms with E-state index in [1.54, 1.807) is 32.1 Å². The lowest BCUT2D eigenvalue weighted by Gasteiger charge is -2.32. The van der Waals surface area contributed by atoms with E-state index in [-0.39, 0.29) is 24.4 Å². The normalized spacial score (nSPS) is 15.4. The molecule has 0 unspecified atom stereocenters. The molecule has 3 amide bonds. The van der Waals surface area contributed by atoms with Crippen LogP contribution in [0.5, 0.6) is 0 Å². The molecule has 0 radical (unpaired) electrons. The molecule has 0 spiro atoms. The van der Waals surface area contributed by atoms with E-state index in [0.717, 1.165) is 4.88 Å². The second-order valence-electron chi connectivity index (χ2n) is 7.33. The largest absolute Gasteiger partial charge is 0.444 e. The zero-order valence-electron chi connectivity index (χ0n) is 15.5. The van der Waals surface area contributed by atoms with Crippen molar-refractivity contribution < 1.29 is 19.1 Å². The highest BCUT2D eigenvalue weighted by Crippen LogP contribution is 2.15.